The van der Waals surface area contributed by atoms with Crippen LogP contribution < -0.4 is 0 Å². The van der Waals surface area contributed by atoms with Gasteiger partial charge in [-0.1, -0.05) is 279 Å². The smallest absolute Gasteiger partial charge is 0.136 e. The van der Waals surface area contributed by atoms with Crippen LogP contribution in [0.1, 0.15) is 13.7 Å². The molecule has 0 saturated carbocycles. The van der Waals surface area contributed by atoms with Gasteiger partial charge in [0.25, 0.3) is 0 Å². The largest absolute Gasteiger partial charge is 0.456 e. The summed E-state index contributed by atoms with van der Waals surface area (Å²) in [5, 5.41) is 29.4. The molecule has 0 amide bonds. The standard InChI is InChI=1S/2C50H28O/c2*1-2-12-44-43(10-1)50-40(11-5-13-45(50)51-44)37-27-35(38-22-18-33-16-14-29-6-3-8-31-20-24-41(38)48(33)46(29)31)26-36(28-37)39-23-19-34-17-15-30-7-4-9-32-21-25-42(39)49(34)47(30)32/h2*1-28H/i1D,2D,5D,10D,11D,12D,13D;26D,27D,28D. The molecule has 102 heavy (non-hydrogen) atoms. The summed E-state index contributed by atoms with van der Waals surface area (Å²) in [5.74, 6) is 0. The highest BCUT2D eigenvalue weighted by molar-refractivity contribution is 6.30. The Hall–Kier alpha value is -13.4. The molecule has 0 saturated heterocycles. The predicted octanol–water partition coefficient (Wildman–Crippen LogP) is 28.8. The minimum atomic E-state index is -0.450. The van der Waals surface area contributed by atoms with Crippen LogP contribution in [0.25, 0.3) is 240 Å². The highest BCUT2D eigenvalue weighted by Gasteiger charge is 2.23. The normalized spacial score (nSPS) is 13.7. The number of hydrogen-bond acceptors (Lipinski definition) is 2. The zero-order valence-corrected chi connectivity index (χ0v) is 54.4. The molecule has 0 spiro atoms. The van der Waals surface area contributed by atoms with E-state index < -0.39 is 12.1 Å². The average Bonchev–Trinajstić information content (AvgIpc) is 1.41. The highest BCUT2D eigenvalue weighted by Crippen LogP contribution is 2.50. The van der Waals surface area contributed by atoms with Crippen LogP contribution in [0.4, 0.5) is 0 Å². The summed E-state index contributed by atoms with van der Waals surface area (Å²) in [6.07, 6.45) is 0. The summed E-state index contributed by atoms with van der Waals surface area (Å²) < 4.78 is 105. The number of para-hydroxylation sites is 2. The van der Waals surface area contributed by atoms with Crippen molar-refractivity contribution >= 4 is 173 Å². The number of rotatable bonds is 6. The van der Waals surface area contributed by atoms with E-state index in [1.54, 1.807) is 0 Å². The fraction of sp³-hybridized carbons (Fsp3) is 0. The lowest BCUT2D eigenvalue weighted by Crippen LogP contribution is -1.91. The molecule has 0 aliphatic rings. The summed E-state index contributed by atoms with van der Waals surface area (Å²) in [6, 6.07) is 95.1. The molecule has 2 heteroatoms. The molecule has 0 aliphatic carbocycles. The molecule has 24 rings (SSSR count). The van der Waals surface area contributed by atoms with Gasteiger partial charge in [0.1, 0.15) is 22.3 Å². The van der Waals surface area contributed by atoms with Crippen molar-refractivity contribution in [3.63, 3.8) is 0 Å². The van der Waals surface area contributed by atoms with Crippen LogP contribution in [0.5, 0.6) is 0 Å². The van der Waals surface area contributed by atoms with Crippen molar-refractivity contribution < 1.29 is 22.5 Å². The zero-order valence-electron chi connectivity index (χ0n) is 64.4. The molecule has 0 fully saturated rings. The van der Waals surface area contributed by atoms with Gasteiger partial charge in [0, 0.05) is 21.5 Å². The summed E-state index contributed by atoms with van der Waals surface area (Å²) in [5.41, 5.74) is 9.80. The van der Waals surface area contributed by atoms with E-state index in [0.717, 1.165) is 163 Å². The van der Waals surface area contributed by atoms with Crippen LogP contribution in [0.2, 0.25) is 0 Å². The molecule has 0 unspecified atom stereocenters. The molecule has 0 bridgehead atoms. The molecule has 468 valence electrons. The Bertz CT molecular complexity index is 7870. The van der Waals surface area contributed by atoms with E-state index in [1.807, 2.05) is 54.6 Å². The van der Waals surface area contributed by atoms with Gasteiger partial charge in [0.2, 0.25) is 0 Å². The average molecular weight is 1300 g/mol. The number of furan rings is 2. The van der Waals surface area contributed by atoms with E-state index in [9.17, 15) is 5.48 Å². The van der Waals surface area contributed by atoms with Crippen molar-refractivity contribution in [1.82, 2.24) is 0 Å². The summed E-state index contributed by atoms with van der Waals surface area (Å²) >= 11 is 0. The van der Waals surface area contributed by atoms with Crippen LogP contribution in [-0.2, 0) is 0 Å². The van der Waals surface area contributed by atoms with Crippen molar-refractivity contribution in [2.45, 2.75) is 0 Å². The fourth-order valence-corrected chi connectivity index (χ4v) is 17.4. The second-order valence-electron chi connectivity index (χ2n) is 27.2. The summed E-state index contributed by atoms with van der Waals surface area (Å²) in [4.78, 5) is 0. The van der Waals surface area contributed by atoms with Gasteiger partial charge in [-0.05, 0) is 257 Å². The van der Waals surface area contributed by atoms with Gasteiger partial charge in [0.05, 0.1) is 13.7 Å². The van der Waals surface area contributed by atoms with Crippen molar-refractivity contribution in [3.8, 4) is 66.8 Å². The van der Waals surface area contributed by atoms with E-state index >= 15 is 0 Å². The molecule has 2 heterocycles. The van der Waals surface area contributed by atoms with Crippen LogP contribution in [0.15, 0.2) is 348 Å². The molecule has 0 aliphatic heterocycles. The second-order valence-corrected chi connectivity index (χ2v) is 27.2. The lowest BCUT2D eigenvalue weighted by Gasteiger charge is -2.18. The van der Waals surface area contributed by atoms with Gasteiger partial charge in [-0.15, -0.1) is 0 Å². The lowest BCUT2D eigenvalue weighted by molar-refractivity contribution is 0.668. The quantitative estimate of drug-likeness (QED) is 0.155. The molecule has 0 radical (unpaired) electrons. The second kappa shape index (κ2) is 21.1. The Morgan fingerprint density at radius 1 is 0.176 bits per heavy atom. The van der Waals surface area contributed by atoms with Gasteiger partial charge >= 0.3 is 0 Å². The van der Waals surface area contributed by atoms with Crippen molar-refractivity contribution in [1.29, 1.82) is 0 Å². The van der Waals surface area contributed by atoms with E-state index in [0.29, 0.717) is 27.8 Å². The Kier molecular flexibility index (Phi) is 9.65. The maximum absolute atomic E-state index is 10.1. The molecule has 0 atom stereocenters. The maximum atomic E-state index is 10.1. The first-order valence-electron chi connectivity index (χ1n) is 39.5. The first-order chi connectivity index (χ1) is 54.7. The van der Waals surface area contributed by atoms with Crippen LogP contribution in [0, 0.1) is 0 Å². The van der Waals surface area contributed by atoms with E-state index in [1.165, 1.54) is 21.5 Å². The third-order valence-electron chi connectivity index (χ3n) is 21.9. The van der Waals surface area contributed by atoms with Gasteiger partial charge in [-0.3, -0.25) is 0 Å². The Balaban J connectivity index is 0.000000134. The molecule has 0 N–H and O–H groups in total. The first kappa shape index (κ1) is 46.7. The van der Waals surface area contributed by atoms with Crippen molar-refractivity contribution in [2.24, 2.45) is 0 Å². The lowest BCUT2D eigenvalue weighted by atomic mass is 9.85. The summed E-state index contributed by atoms with van der Waals surface area (Å²) in [7, 11) is 0. The third kappa shape index (κ3) is 8.06. The van der Waals surface area contributed by atoms with Crippen LogP contribution in [0.3, 0.4) is 0 Å². The number of benzene rings is 22. The number of hydrogen-bond donors (Lipinski definition) is 0. The first-order valence-corrected chi connectivity index (χ1v) is 34.5. The Labute approximate surface area is 598 Å². The highest BCUT2D eigenvalue weighted by atomic mass is 16.3. The predicted molar refractivity (Wildman–Crippen MR) is 435 cm³/mol. The molecule has 24 aromatic rings. The maximum Gasteiger partial charge on any atom is 0.136 e. The van der Waals surface area contributed by atoms with Gasteiger partial charge in [-0.25, -0.2) is 0 Å². The third-order valence-corrected chi connectivity index (χ3v) is 21.9. The minimum absolute atomic E-state index is 0.0459. The van der Waals surface area contributed by atoms with Crippen molar-refractivity contribution in [2.75, 3.05) is 0 Å². The molecular formula is C100H56O2. The Morgan fingerprint density at radius 2 is 0.500 bits per heavy atom. The number of fused-ring (bicyclic) bond motifs is 6. The Morgan fingerprint density at radius 3 is 0.951 bits per heavy atom. The molecule has 22 aromatic carbocycles. The molecule has 2 nitrogen and oxygen atoms in total. The topological polar surface area (TPSA) is 26.3 Å². The van der Waals surface area contributed by atoms with Crippen LogP contribution >= 0.6 is 0 Å². The van der Waals surface area contributed by atoms with Crippen LogP contribution in [-0.4, -0.2) is 0 Å². The van der Waals surface area contributed by atoms with E-state index in [2.05, 4.69) is 224 Å². The van der Waals surface area contributed by atoms with E-state index in [4.69, 9.17) is 17.1 Å². The monoisotopic (exact) mass is 1300 g/mol. The van der Waals surface area contributed by atoms with Crippen molar-refractivity contribution in [3.05, 3.63) is 339 Å². The summed E-state index contributed by atoms with van der Waals surface area (Å²) in [6.45, 7) is 0. The van der Waals surface area contributed by atoms with Gasteiger partial charge in [-0.2, -0.15) is 0 Å². The van der Waals surface area contributed by atoms with Gasteiger partial charge < -0.3 is 8.83 Å². The van der Waals surface area contributed by atoms with E-state index in [-0.39, 0.29) is 75.8 Å². The SMILES string of the molecule is [2H]c1c(-c2ccc3ccc4cccc5ccc2c3c45)c([2H])c(-c2cccc3oc4ccccc4c23)c([2H])c1-c1ccc2ccc3cccc4ccc1c2c34.[2H]c1c([2H])c([2H])c2c(oc3c([2H])c([2H])c([2H])c(-c4cc(-c5ccc6ccc7cccc8ccc5c6c78)cc(-c5ccc6ccc7cccc8ccc5c6c78)c4)c32)c1[2H]. The zero-order chi connectivity index (χ0) is 75.1. The molecule has 2 aromatic heterocycles. The molecular weight excluding hydrogens is 1230 g/mol. The van der Waals surface area contributed by atoms with Gasteiger partial charge in [0.15, 0.2) is 0 Å². The fourth-order valence-electron chi connectivity index (χ4n) is 17.4. The minimum Gasteiger partial charge on any atom is -0.456 e.